The van der Waals surface area contributed by atoms with Crippen molar-refractivity contribution in [3.8, 4) is 6.07 Å². The maximum atomic E-state index is 12.2. The van der Waals surface area contributed by atoms with Gasteiger partial charge in [-0.25, -0.2) is 0 Å². The Bertz CT molecular complexity index is 352. The summed E-state index contributed by atoms with van der Waals surface area (Å²) in [5, 5.41) is 8.94. The Morgan fingerprint density at radius 2 is 2.12 bits per heavy atom. The molecule has 1 fully saturated rings. The second-order valence-electron chi connectivity index (χ2n) is 4.92. The van der Waals surface area contributed by atoms with E-state index in [1.165, 1.54) is 19.3 Å². The highest BCUT2D eigenvalue weighted by Crippen LogP contribution is 2.27. The second kappa shape index (κ2) is 5.33. The number of nitrogens with two attached hydrogens (primary N) is 1. The van der Waals surface area contributed by atoms with Crippen molar-refractivity contribution < 1.29 is 4.79 Å². The summed E-state index contributed by atoms with van der Waals surface area (Å²) in [6.07, 6.45) is 9.32. The highest BCUT2D eigenvalue weighted by Gasteiger charge is 2.33. The van der Waals surface area contributed by atoms with E-state index < -0.39 is 12.1 Å². The van der Waals surface area contributed by atoms with Gasteiger partial charge in [-0.1, -0.05) is 25.3 Å². The van der Waals surface area contributed by atoms with Crippen LogP contribution in [-0.2, 0) is 4.79 Å². The monoisotopic (exact) mass is 233 g/mol. The lowest BCUT2D eigenvalue weighted by Gasteiger charge is -2.30. The fourth-order valence-corrected chi connectivity index (χ4v) is 2.75. The largest absolute Gasteiger partial charge is 0.320 e. The predicted molar refractivity (Wildman–Crippen MR) is 64.8 cm³/mol. The van der Waals surface area contributed by atoms with E-state index in [2.05, 4.69) is 6.07 Å². The number of amides is 1. The lowest BCUT2D eigenvalue weighted by Crippen LogP contribution is -2.49. The fraction of sp³-hybridized carbons (Fsp3) is 0.692. The molecule has 2 atom stereocenters. The van der Waals surface area contributed by atoms with Crippen LogP contribution in [0, 0.1) is 17.2 Å². The molecule has 1 aliphatic heterocycles. The first-order chi connectivity index (χ1) is 8.24. The summed E-state index contributed by atoms with van der Waals surface area (Å²) in [6.45, 7) is 0.525. The summed E-state index contributed by atoms with van der Waals surface area (Å²) < 4.78 is 0. The van der Waals surface area contributed by atoms with Crippen LogP contribution in [0.2, 0.25) is 0 Å². The molecule has 0 aromatic rings. The zero-order chi connectivity index (χ0) is 12.3. The van der Waals surface area contributed by atoms with Gasteiger partial charge in [-0.05, 0) is 24.8 Å². The van der Waals surface area contributed by atoms with Crippen molar-refractivity contribution in [2.24, 2.45) is 11.7 Å². The molecule has 0 radical (unpaired) electrons. The number of carbonyl (C=O) groups is 1. The number of nitriles is 1. The first-order valence-electron chi connectivity index (χ1n) is 6.36. The Morgan fingerprint density at radius 3 is 2.76 bits per heavy atom. The van der Waals surface area contributed by atoms with E-state index in [0.717, 1.165) is 12.8 Å². The molecule has 2 unspecified atom stereocenters. The number of hydrogen-bond donors (Lipinski definition) is 1. The van der Waals surface area contributed by atoms with Gasteiger partial charge in [0.2, 0.25) is 5.91 Å². The van der Waals surface area contributed by atoms with Crippen molar-refractivity contribution in [2.45, 2.75) is 44.2 Å². The van der Waals surface area contributed by atoms with Crippen LogP contribution in [0.15, 0.2) is 12.2 Å². The Hall–Kier alpha value is -1.34. The maximum Gasteiger partial charge on any atom is 0.241 e. The van der Waals surface area contributed by atoms with Gasteiger partial charge >= 0.3 is 0 Å². The first-order valence-corrected chi connectivity index (χ1v) is 6.36. The average molecular weight is 233 g/mol. The maximum absolute atomic E-state index is 12.2. The summed E-state index contributed by atoms with van der Waals surface area (Å²) in [6, 6.07) is 1.27. The van der Waals surface area contributed by atoms with E-state index in [4.69, 9.17) is 11.0 Å². The van der Waals surface area contributed by atoms with Gasteiger partial charge in [-0.2, -0.15) is 5.26 Å². The van der Waals surface area contributed by atoms with E-state index in [1.807, 2.05) is 6.08 Å². The van der Waals surface area contributed by atoms with Crippen LogP contribution >= 0.6 is 0 Å². The molecular formula is C13H19N3O. The molecular weight excluding hydrogens is 214 g/mol. The molecule has 0 bridgehead atoms. The fourth-order valence-electron chi connectivity index (χ4n) is 2.75. The Balaban J connectivity index is 1.97. The second-order valence-corrected chi connectivity index (χ2v) is 4.92. The van der Waals surface area contributed by atoms with E-state index in [0.29, 0.717) is 12.5 Å². The molecule has 0 aromatic heterocycles. The molecule has 0 saturated heterocycles. The lowest BCUT2D eigenvalue weighted by atomic mass is 9.83. The van der Waals surface area contributed by atoms with Gasteiger partial charge in [0.05, 0.1) is 12.1 Å². The topological polar surface area (TPSA) is 70.1 Å². The predicted octanol–water partition coefficient (Wildman–Crippen LogP) is 1.18. The Labute approximate surface area is 102 Å². The van der Waals surface area contributed by atoms with Gasteiger partial charge in [0.25, 0.3) is 0 Å². The normalized spacial score (nSPS) is 26.8. The van der Waals surface area contributed by atoms with E-state index in [1.54, 1.807) is 11.0 Å². The van der Waals surface area contributed by atoms with Crippen LogP contribution in [0.5, 0.6) is 0 Å². The van der Waals surface area contributed by atoms with E-state index in [9.17, 15) is 4.79 Å². The van der Waals surface area contributed by atoms with Gasteiger partial charge in [-0.3, -0.25) is 4.79 Å². The van der Waals surface area contributed by atoms with Crippen LogP contribution in [0.4, 0.5) is 0 Å². The summed E-state index contributed by atoms with van der Waals surface area (Å²) in [5.74, 6) is 0.240. The molecule has 2 aliphatic rings. The smallest absolute Gasteiger partial charge is 0.241 e. The Morgan fingerprint density at radius 1 is 1.41 bits per heavy atom. The molecule has 4 nitrogen and oxygen atoms in total. The van der Waals surface area contributed by atoms with E-state index >= 15 is 0 Å². The van der Waals surface area contributed by atoms with Crippen molar-refractivity contribution in [1.82, 2.24) is 4.90 Å². The van der Waals surface area contributed by atoms with Crippen LogP contribution < -0.4 is 5.73 Å². The van der Waals surface area contributed by atoms with Crippen LogP contribution in [-0.4, -0.2) is 29.4 Å². The van der Waals surface area contributed by atoms with E-state index in [-0.39, 0.29) is 5.91 Å². The van der Waals surface area contributed by atoms with Crippen molar-refractivity contribution in [3.05, 3.63) is 12.2 Å². The zero-order valence-corrected chi connectivity index (χ0v) is 10.0. The van der Waals surface area contributed by atoms with Crippen LogP contribution in [0.25, 0.3) is 0 Å². The van der Waals surface area contributed by atoms with Crippen molar-refractivity contribution in [3.63, 3.8) is 0 Å². The molecule has 1 amide bonds. The quantitative estimate of drug-likeness (QED) is 0.728. The molecule has 0 spiro atoms. The Kier molecular flexibility index (Phi) is 3.80. The average Bonchev–Trinajstić information content (AvgIpc) is 2.86. The van der Waals surface area contributed by atoms with Crippen molar-refractivity contribution >= 4 is 5.91 Å². The molecule has 2 rings (SSSR count). The molecule has 0 aromatic carbocycles. The molecule has 1 aliphatic carbocycles. The number of rotatable bonds is 2. The molecule has 1 saturated carbocycles. The minimum atomic E-state index is -0.425. The third-order valence-electron chi connectivity index (χ3n) is 3.81. The van der Waals surface area contributed by atoms with Crippen molar-refractivity contribution in [2.75, 3.05) is 6.54 Å². The molecule has 92 valence electrons. The first kappa shape index (κ1) is 12.1. The molecule has 1 heterocycles. The summed E-state index contributed by atoms with van der Waals surface area (Å²) >= 11 is 0. The molecule has 17 heavy (non-hydrogen) atoms. The summed E-state index contributed by atoms with van der Waals surface area (Å²) in [4.78, 5) is 13.8. The highest BCUT2D eigenvalue weighted by atomic mass is 16.2. The number of hydrogen-bond acceptors (Lipinski definition) is 3. The van der Waals surface area contributed by atoms with Crippen LogP contribution in [0.3, 0.4) is 0 Å². The number of nitrogens with zero attached hydrogens (tertiary/aromatic N) is 2. The molecule has 4 heteroatoms. The SMILES string of the molecule is N#CC1C=CCN1C(=O)C(N)C1CCCCC1. The zero-order valence-electron chi connectivity index (χ0n) is 10.0. The lowest BCUT2D eigenvalue weighted by molar-refractivity contribution is -0.133. The minimum absolute atomic E-state index is 0.0616. The highest BCUT2D eigenvalue weighted by molar-refractivity contribution is 5.83. The minimum Gasteiger partial charge on any atom is -0.320 e. The van der Waals surface area contributed by atoms with Gasteiger partial charge < -0.3 is 10.6 Å². The van der Waals surface area contributed by atoms with Crippen molar-refractivity contribution in [1.29, 1.82) is 5.26 Å². The van der Waals surface area contributed by atoms with Gasteiger partial charge in [0, 0.05) is 6.54 Å². The number of carbonyl (C=O) groups excluding carboxylic acids is 1. The van der Waals surface area contributed by atoms with Gasteiger partial charge in [-0.15, -0.1) is 0 Å². The third-order valence-corrected chi connectivity index (χ3v) is 3.81. The standard InChI is InChI=1S/C13H19N3O/c14-9-11-7-4-8-16(11)13(17)12(15)10-5-2-1-3-6-10/h4,7,10-12H,1-3,5-6,8,15H2. The summed E-state index contributed by atoms with van der Waals surface area (Å²) in [5.41, 5.74) is 6.06. The summed E-state index contributed by atoms with van der Waals surface area (Å²) in [7, 11) is 0. The van der Waals surface area contributed by atoms with Gasteiger partial charge in [0.15, 0.2) is 0 Å². The third kappa shape index (κ3) is 2.50. The van der Waals surface area contributed by atoms with Gasteiger partial charge in [0.1, 0.15) is 6.04 Å². The molecule has 2 N–H and O–H groups in total. The van der Waals surface area contributed by atoms with Crippen LogP contribution in [0.1, 0.15) is 32.1 Å².